The number of carbonyl (C=O) groups excluding carboxylic acids is 1. The summed E-state index contributed by atoms with van der Waals surface area (Å²) in [6, 6.07) is 0.982. The van der Waals surface area contributed by atoms with E-state index < -0.39 is 0 Å². The van der Waals surface area contributed by atoms with Gasteiger partial charge in [0.05, 0.1) is 0 Å². The van der Waals surface area contributed by atoms with E-state index in [-0.39, 0.29) is 5.91 Å². The van der Waals surface area contributed by atoms with E-state index in [0.29, 0.717) is 18.0 Å². The van der Waals surface area contributed by atoms with Crippen molar-refractivity contribution in [2.45, 2.75) is 51.6 Å². The molecule has 2 aliphatic rings. The molecule has 1 aliphatic carbocycles. The average Bonchev–Trinajstić information content (AvgIpc) is 2.76. The summed E-state index contributed by atoms with van der Waals surface area (Å²) < 4.78 is 0. The van der Waals surface area contributed by atoms with Crippen LogP contribution in [0.15, 0.2) is 0 Å². The van der Waals surface area contributed by atoms with Crippen LogP contribution in [0.3, 0.4) is 0 Å². The molecule has 4 nitrogen and oxygen atoms in total. The summed E-state index contributed by atoms with van der Waals surface area (Å²) >= 11 is 0. The Morgan fingerprint density at radius 2 is 2.17 bits per heavy atom. The average molecular weight is 253 g/mol. The molecular formula is C14H27N3O. The third-order valence-electron chi connectivity index (χ3n) is 4.62. The molecule has 3 N–H and O–H groups in total. The molecule has 0 bridgehead atoms. The van der Waals surface area contributed by atoms with E-state index >= 15 is 0 Å². The zero-order valence-corrected chi connectivity index (χ0v) is 11.7. The standard InChI is InChI=1S/C14H27N3O/c1-10-3-4-12(8-15)14(7-10)17-6-5-13(9-17)16-11(2)18/h10,12-14H,3-9,15H2,1-2H3,(H,16,18). The molecule has 0 aromatic heterocycles. The second kappa shape index (κ2) is 6.02. The summed E-state index contributed by atoms with van der Waals surface area (Å²) in [7, 11) is 0. The van der Waals surface area contributed by atoms with E-state index in [1.807, 2.05) is 0 Å². The molecule has 1 heterocycles. The maximum absolute atomic E-state index is 11.1. The minimum absolute atomic E-state index is 0.0919. The van der Waals surface area contributed by atoms with Gasteiger partial charge < -0.3 is 11.1 Å². The third kappa shape index (κ3) is 3.23. The van der Waals surface area contributed by atoms with Crippen molar-refractivity contribution >= 4 is 5.91 Å². The molecule has 2 rings (SSSR count). The molecule has 0 aromatic rings. The molecule has 4 heteroatoms. The van der Waals surface area contributed by atoms with Gasteiger partial charge in [-0.3, -0.25) is 9.69 Å². The maximum atomic E-state index is 11.1. The van der Waals surface area contributed by atoms with Gasteiger partial charge in [0.1, 0.15) is 0 Å². The van der Waals surface area contributed by atoms with Crippen LogP contribution >= 0.6 is 0 Å². The Morgan fingerprint density at radius 3 is 2.83 bits per heavy atom. The quantitative estimate of drug-likeness (QED) is 0.787. The number of rotatable bonds is 3. The number of likely N-dealkylation sites (tertiary alicyclic amines) is 1. The van der Waals surface area contributed by atoms with Crippen LogP contribution in [0, 0.1) is 11.8 Å². The third-order valence-corrected chi connectivity index (χ3v) is 4.62. The normalized spacial score (nSPS) is 37.7. The fourth-order valence-electron chi connectivity index (χ4n) is 3.63. The lowest BCUT2D eigenvalue weighted by Gasteiger charge is -2.40. The van der Waals surface area contributed by atoms with Crippen LogP contribution in [0.5, 0.6) is 0 Å². The molecule has 18 heavy (non-hydrogen) atoms. The first-order chi connectivity index (χ1) is 8.60. The van der Waals surface area contributed by atoms with Gasteiger partial charge in [0.15, 0.2) is 0 Å². The van der Waals surface area contributed by atoms with Gasteiger partial charge in [0.25, 0.3) is 0 Å². The summed E-state index contributed by atoms with van der Waals surface area (Å²) in [4.78, 5) is 13.7. The zero-order chi connectivity index (χ0) is 13.1. The van der Waals surface area contributed by atoms with Crippen LogP contribution in [0.2, 0.25) is 0 Å². The first-order valence-electron chi connectivity index (χ1n) is 7.31. The minimum Gasteiger partial charge on any atom is -0.352 e. The Bertz CT molecular complexity index is 295. The van der Waals surface area contributed by atoms with Crippen molar-refractivity contribution in [1.29, 1.82) is 0 Å². The van der Waals surface area contributed by atoms with Crippen molar-refractivity contribution in [3.8, 4) is 0 Å². The van der Waals surface area contributed by atoms with Gasteiger partial charge in [-0.2, -0.15) is 0 Å². The first kappa shape index (κ1) is 13.8. The molecule has 104 valence electrons. The predicted molar refractivity (Wildman–Crippen MR) is 73.1 cm³/mol. The highest BCUT2D eigenvalue weighted by atomic mass is 16.1. The van der Waals surface area contributed by atoms with Gasteiger partial charge in [-0.05, 0) is 37.6 Å². The lowest BCUT2D eigenvalue weighted by molar-refractivity contribution is -0.119. The Morgan fingerprint density at radius 1 is 1.39 bits per heavy atom. The number of hydrogen-bond donors (Lipinski definition) is 2. The van der Waals surface area contributed by atoms with Crippen LogP contribution in [0.1, 0.15) is 39.5 Å². The summed E-state index contributed by atoms with van der Waals surface area (Å²) in [5.74, 6) is 1.56. The molecule has 0 radical (unpaired) electrons. The van der Waals surface area contributed by atoms with Crippen LogP contribution in [0.25, 0.3) is 0 Å². The van der Waals surface area contributed by atoms with Gasteiger partial charge in [0.2, 0.25) is 5.91 Å². The molecule has 1 aliphatic heterocycles. The monoisotopic (exact) mass is 253 g/mol. The number of amides is 1. The van der Waals surface area contributed by atoms with Crippen molar-refractivity contribution in [2.24, 2.45) is 17.6 Å². The topological polar surface area (TPSA) is 58.4 Å². The number of carbonyl (C=O) groups is 1. The molecule has 2 fully saturated rings. The summed E-state index contributed by atoms with van der Waals surface area (Å²) in [5, 5.41) is 3.04. The zero-order valence-electron chi connectivity index (χ0n) is 11.7. The van der Waals surface area contributed by atoms with Crippen molar-refractivity contribution in [3.63, 3.8) is 0 Å². The Kier molecular flexibility index (Phi) is 4.62. The second-order valence-electron chi connectivity index (χ2n) is 6.16. The minimum atomic E-state index is 0.0919. The second-order valence-corrected chi connectivity index (χ2v) is 6.16. The van der Waals surface area contributed by atoms with Crippen LogP contribution in [-0.4, -0.2) is 42.5 Å². The van der Waals surface area contributed by atoms with E-state index in [1.165, 1.54) is 19.3 Å². The highest BCUT2D eigenvalue weighted by Gasteiger charge is 2.35. The Labute approximate surface area is 110 Å². The van der Waals surface area contributed by atoms with Gasteiger partial charge in [-0.1, -0.05) is 13.3 Å². The molecule has 1 amide bonds. The maximum Gasteiger partial charge on any atom is 0.217 e. The lowest BCUT2D eigenvalue weighted by Crippen LogP contribution is -2.47. The van der Waals surface area contributed by atoms with Crippen molar-refractivity contribution in [1.82, 2.24) is 10.2 Å². The molecule has 1 saturated carbocycles. The largest absolute Gasteiger partial charge is 0.352 e. The van der Waals surface area contributed by atoms with Gasteiger partial charge >= 0.3 is 0 Å². The van der Waals surface area contributed by atoms with Crippen molar-refractivity contribution in [3.05, 3.63) is 0 Å². The van der Waals surface area contributed by atoms with Crippen molar-refractivity contribution < 1.29 is 4.79 Å². The van der Waals surface area contributed by atoms with Crippen LogP contribution < -0.4 is 11.1 Å². The Hall–Kier alpha value is -0.610. The fraction of sp³-hybridized carbons (Fsp3) is 0.929. The number of nitrogens with two attached hydrogens (primary N) is 1. The highest BCUT2D eigenvalue weighted by Crippen LogP contribution is 2.33. The lowest BCUT2D eigenvalue weighted by atomic mass is 9.78. The SMILES string of the molecule is CC(=O)NC1CCN(C2CC(C)CCC2CN)C1. The first-order valence-corrected chi connectivity index (χ1v) is 7.31. The molecule has 0 aromatic carbocycles. The van der Waals surface area contributed by atoms with Gasteiger partial charge in [-0.25, -0.2) is 0 Å². The summed E-state index contributed by atoms with van der Waals surface area (Å²) in [5.41, 5.74) is 5.93. The van der Waals surface area contributed by atoms with E-state index in [2.05, 4.69) is 17.1 Å². The molecular weight excluding hydrogens is 226 g/mol. The summed E-state index contributed by atoms with van der Waals surface area (Å²) in [6.07, 6.45) is 4.95. The van der Waals surface area contributed by atoms with Gasteiger partial charge in [-0.15, -0.1) is 0 Å². The van der Waals surface area contributed by atoms with E-state index in [1.54, 1.807) is 6.92 Å². The molecule has 1 saturated heterocycles. The number of hydrogen-bond acceptors (Lipinski definition) is 3. The number of nitrogens with zero attached hydrogens (tertiary/aromatic N) is 1. The molecule has 4 atom stereocenters. The van der Waals surface area contributed by atoms with Crippen LogP contribution in [-0.2, 0) is 4.79 Å². The van der Waals surface area contributed by atoms with Crippen molar-refractivity contribution in [2.75, 3.05) is 19.6 Å². The van der Waals surface area contributed by atoms with Crippen LogP contribution in [0.4, 0.5) is 0 Å². The van der Waals surface area contributed by atoms with E-state index in [0.717, 1.165) is 32.0 Å². The van der Waals surface area contributed by atoms with Gasteiger partial charge in [0, 0.05) is 32.1 Å². The molecule has 4 unspecified atom stereocenters. The Balaban J connectivity index is 1.91. The van der Waals surface area contributed by atoms with E-state index in [4.69, 9.17) is 5.73 Å². The predicted octanol–water partition coefficient (Wildman–Crippen LogP) is 0.960. The molecule has 0 spiro atoms. The fourth-order valence-corrected chi connectivity index (χ4v) is 3.63. The highest BCUT2D eigenvalue weighted by molar-refractivity contribution is 5.73. The number of nitrogens with one attached hydrogen (secondary N) is 1. The van der Waals surface area contributed by atoms with E-state index in [9.17, 15) is 4.79 Å². The smallest absolute Gasteiger partial charge is 0.217 e. The summed E-state index contributed by atoms with van der Waals surface area (Å²) in [6.45, 7) is 6.88.